The second kappa shape index (κ2) is 10.8. The van der Waals surface area contributed by atoms with E-state index in [1.54, 1.807) is 36.4 Å². The number of hydrogen-bond donors (Lipinski definition) is 2. The van der Waals surface area contributed by atoms with Gasteiger partial charge in [-0.25, -0.2) is 10.2 Å². The molecule has 7 nitrogen and oxygen atoms in total. The summed E-state index contributed by atoms with van der Waals surface area (Å²) in [6.07, 6.45) is 1.24. The fraction of sp³-hybridized carbons (Fsp3) is 0. The summed E-state index contributed by atoms with van der Waals surface area (Å²) >= 11 is 17.5. The molecule has 2 N–H and O–H groups in total. The highest BCUT2D eigenvalue weighted by atomic mass is 35.5. The van der Waals surface area contributed by atoms with Crippen LogP contribution in [-0.2, 0) is 9.59 Å². The van der Waals surface area contributed by atoms with Crippen LogP contribution < -0.4 is 15.5 Å². The van der Waals surface area contributed by atoms with Crippen LogP contribution >= 0.6 is 34.8 Å². The number of nitrogens with one attached hydrogen (secondary N) is 2. The monoisotopic (exact) mass is 489 g/mol. The van der Waals surface area contributed by atoms with Gasteiger partial charge in [0, 0.05) is 16.3 Å². The van der Waals surface area contributed by atoms with Crippen LogP contribution in [0.1, 0.15) is 15.9 Å². The zero-order chi connectivity index (χ0) is 23.1. The number of nitrogens with zero attached hydrogens (tertiary/aromatic N) is 1. The fourth-order valence-electron chi connectivity index (χ4n) is 2.40. The highest BCUT2D eigenvalue weighted by Gasteiger charge is 2.14. The Balaban J connectivity index is 1.62. The molecule has 3 aromatic carbocycles. The molecule has 162 valence electrons. The number of rotatable bonds is 5. The fourth-order valence-corrected chi connectivity index (χ4v) is 2.82. The van der Waals surface area contributed by atoms with Crippen molar-refractivity contribution in [1.29, 1.82) is 0 Å². The molecule has 10 heteroatoms. The molecule has 0 radical (unpaired) electrons. The van der Waals surface area contributed by atoms with Gasteiger partial charge < -0.3 is 10.1 Å². The van der Waals surface area contributed by atoms with Crippen LogP contribution in [0.15, 0.2) is 71.8 Å². The van der Waals surface area contributed by atoms with Crippen molar-refractivity contribution in [1.82, 2.24) is 5.43 Å². The summed E-state index contributed by atoms with van der Waals surface area (Å²) in [7, 11) is 0. The molecule has 0 aliphatic carbocycles. The van der Waals surface area contributed by atoms with Gasteiger partial charge in [0.05, 0.1) is 21.8 Å². The number of para-hydroxylation sites is 1. The third-order valence-corrected chi connectivity index (χ3v) is 4.95. The lowest BCUT2D eigenvalue weighted by Crippen LogP contribution is -2.32. The summed E-state index contributed by atoms with van der Waals surface area (Å²) in [5.41, 5.74) is 3.11. The standard InChI is InChI=1S/C22H14Cl3N3O4/c23-15-7-5-13(6-8-15)22(31)32-19-4-2-1-3-14(19)12-26-28-21(30)20(29)27-16-9-10-17(24)18(25)11-16/h1-12H,(H,27,29)(H,28,30). The molecule has 0 fully saturated rings. The number of esters is 1. The summed E-state index contributed by atoms with van der Waals surface area (Å²) in [6, 6.07) is 17.2. The van der Waals surface area contributed by atoms with Gasteiger partial charge in [-0.1, -0.05) is 46.9 Å². The van der Waals surface area contributed by atoms with Gasteiger partial charge in [0.2, 0.25) is 0 Å². The summed E-state index contributed by atoms with van der Waals surface area (Å²) in [4.78, 5) is 36.3. The lowest BCUT2D eigenvalue weighted by atomic mass is 10.2. The first-order valence-corrected chi connectivity index (χ1v) is 10.1. The Morgan fingerprint density at radius 3 is 2.28 bits per heavy atom. The van der Waals surface area contributed by atoms with Crippen LogP contribution in [0.5, 0.6) is 5.75 Å². The van der Waals surface area contributed by atoms with Crippen LogP contribution in [0, 0.1) is 0 Å². The Labute approximate surface area is 197 Å². The van der Waals surface area contributed by atoms with Crippen molar-refractivity contribution >= 4 is 64.5 Å². The highest BCUT2D eigenvalue weighted by molar-refractivity contribution is 6.43. The first-order valence-electron chi connectivity index (χ1n) is 8.99. The second-order valence-corrected chi connectivity index (χ2v) is 7.47. The normalized spacial score (nSPS) is 10.6. The van der Waals surface area contributed by atoms with Gasteiger partial charge in [-0.3, -0.25) is 9.59 Å². The zero-order valence-electron chi connectivity index (χ0n) is 16.1. The molecule has 2 amide bonds. The summed E-state index contributed by atoms with van der Waals surface area (Å²) in [5, 5.41) is 7.16. The second-order valence-electron chi connectivity index (χ2n) is 6.22. The lowest BCUT2D eigenvalue weighted by Gasteiger charge is -2.07. The number of benzene rings is 3. The van der Waals surface area contributed by atoms with Crippen molar-refractivity contribution in [3.63, 3.8) is 0 Å². The summed E-state index contributed by atoms with van der Waals surface area (Å²) < 4.78 is 5.39. The molecule has 0 bridgehead atoms. The minimum atomic E-state index is -1.01. The average molecular weight is 491 g/mol. The van der Waals surface area contributed by atoms with Gasteiger partial charge in [-0.05, 0) is 54.6 Å². The van der Waals surface area contributed by atoms with Crippen LogP contribution in [0.4, 0.5) is 5.69 Å². The molecule has 0 heterocycles. The topological polar surface area (TPSA) is 96.9 Å². The number of carbonyl (C=O) groups excluding carboxylic acids is 3. The maximum atomic E-state index is 12.3. The number of anilines is 1. The van der Waals surface area contributed by atoms with Crippen molar-refractivity contribution < 1.29 is 19.1 Å². The molecule has 0 saturated heterocycles. The number of carbonyl (C=O) groups is 3. The van der Waals surface area contributed by atoms with Gasteiger partial charge in [0.1, 0.15) is 5.75 Å². The van der Waals surface area contributed by atoms with Crippen molar-refractivity contribution in [2.24, 2.45) is 5.10 Å². The van der Waals surface area contributed by atoms with Gasteiger partial charge in [0.15, 0.2) is 0 Å². The first-order chi connectivity index (χ1) is 15.3. The molecule has 32 heavy (non-hydrogen) atoms. The molecule has 3 aromatic rings. The zero-order valence-corrected chi connectivity index (χ0v) is 18.4. The SMILES string of the molecule is O=C(NN=Cc1ccccc1OC(=O)c1ccc(Cl)cc1)C(=O)Nc1ccc(Cl)c(Cl)c1. The Bertz CT molecular complexity index is 1200. The molecule has 0 unspecified atom stereocenters. The van der Waals surface area contributed by atoms with E-state index in [2.05, 4.69) is 15.8 Å². The Kier molecular flexibility index (Phi) is 7.83. The van der Waals surface area contributed by atoms with E-state index in [0.717, 1.165) is 0 Å². The minimum absolute atomic E-state index is 0.214. The van der Waals surface area contributed by atoms with Gasteiger partial charge in [-0.15, -0.1) is 0 Å². The van der Waals surface area contributed by atoms with Crippen LogP contribution in [0.3, 0.4) is 0 Å². The van der Waals surface area contributed by atoms with E-state index < -0.39 is 17.8 Å². The first kappa shape index (κ1) is 23.3. The lowest BCUT2D eigenvalue weighted by molar-refractivity contribution is -0.136. The van der Waals surface area contributed by atoms with Crippen LogP contribution in [-0.4, -0.2) is 24.0 Å². The maximum Gasteiger partial charge on any atom is 0.343 e. The van der Waals surface area contributed by atoms with Crippen LogP contribution in [0.2, 0.25) is 15.1 Å². The largest absolute Gasteiger partial charge is 0.422 e. The third-order valence-electron chi connectivity index (χ3n) is 3.96. The van der Waals surface area contributed by atoms with Crippen molar-refractivity contribution in [3.05, 3.63) is 92.9 Å². The number of hydrazone groups is 1. The molecular weight excluding hydrogens is 477 g/mol. The smallest absolute Gasteiger partial charge is 0.343 e. The maximum absolute atomic E-state index is 12.3. The molecule has 3 rings (SSSR count). The van der Waals surface area contributed by atoms with Crippen molar-refractivity contribution in [2.75, 3.05) is 5.32 Å². The summed E-state index contributed by atoms with van der Waals surface area (Å²) in [6.45, 7) is 0. The van der Waals surface area contributed by atoms with Gasteiger partial charge in [-0.2, -0.15) is 5.10 Å². The van der Waals surface area contributed by atoms with E-state index >= 15 is 0 Å². The molecular formula is C22H14Cl3N3O4. The number of amides is 2. The van der Waals surface area contributed by atoms with Crippen molar-refractivity contribution in [3.8, 4) is 5.75 Å². The Morgan fingerprint density at radius 1 is 0.844 bits per heavy atom. The molecule has 0 aliphatic heterocycles. The molecule has 0 spiro atoms. The number of halogens is 3. The van der Waals surface area contributed by atoms with E-state index in [1.165, 1.54) is 36.5 Å². The predicted molar refractivity (Wildman–Crippen MR) is 124 cm³/mol. The quantitative estimate of drug-likeness (QED) is 0.174. The van der Waals surface area contributed by atoms with E-state index in [9.17, 15) is 14.4 Å². The van der Waals surface area contributed by atoms with E-state index in [-0.39, 0.29) is 10.8 Å². The van der Waals surface area contributed by atoms with E-state index in [4.69, 9.17) is 39.5 Å². The number of ether oxygens (including phenoxy) is 1. The number of hydrogen-bond acceptors (Lipinski definition) is 5. The molecule has 0 aromatic heterocycles. The molecule has 0 aliphatic rings. The molecule has 0 atom stereocenters. The van der Waals surface area contributed by atoms with Crippen LogP contribution in [0.25, 0.3) is 0 Å². The van der Waals surface area contributed by atoms with E-state index in [0.29, 0.717) is 26.9 Å². The van der Waals surface area contributed by atoms with Gasteiger partial charge in [0.25, 0.3) is 0 Å². The third kappa shape index (κ3) is 6.31. The van der Waals surface area contributed by atoms with Gasteiger partial charge >= 0.3 is 17.8 Å². The Morgan fingerprint density at radius 2 is 1.56 bits per heavy atom. The van der Waals surface area contributed by atoms with E-state index in [1.807, 2.05) is 0 Å². The predicted octanol–water partition coefficient (Wildman–Crippen LogP) is 4.95. The molecule has 0 saturated carbocycles. The highest BCUT2D eigenvalue weighted by Crippen LogP contribution is 2.25. The Hall–Kier alpha value is -3.39. The average Bonchev–Trinajstić information content (AvgIpc) is 2.77. The minimum Gasteiger partial charge on any atom is -0.422 e. The summed E-state index contributed by atoms with van der Waals surface area (Å²) in [5.74, 6) is -2.34. The van der Waals surface area contributed by atoms with Crippen molar-refractivity contribution in [2.45, 2.75) is 0 Å².